The molecule has 25 heavy (non-hydrogen) atoms. The Labute approximate surface area is 143 Å². The number of rotatable bonds is 5. The van der Waals surface area contributed by atoms with Crippen molar-refractivity contribution in [2.24, 2.45) is 0 Å². The van der Waals surface area contributed by atoms with Crippen molar-refractivity contribution in [3.05, 3.63) is 66.6 Å². The SMILES string of the molecule is O=C(Cn1nnc2ccccc21)NCc1ccnc(-c2ccco2)c1. The molecule has 4 rings (SSSR count). The standard InChI is InChI=1S/C18H15N5O2/c24-18(12-23-16-5-2-1-4-14(16)21-22-23)20-11-13-7-8-19-15(10-13)17-6-3-9-25-17/h1-10H,11-12H2,(H,20,24). The molecule has 0 bridgehead atoms. The first-order valence-electron chi connectivity index (χ1n) is 7.83. The number of hydrogen-bond acceptors (Lipinski definition) is 5. The third-order valence-electron chi connectivity index (χ3n) is 3.80. The molecule has 4 aromatic rings. The van der Waals surface area contributed by atoms with Crippen molar-refractivity contribution in [1.29, 1.82) is 0 Å². The minimum absolute atomic E-state index is 0.122. The van der Waals surface area contributed by atoms with E-state index in [4.69, 9.17) is 4.42 Å². The van der Waals surface area contributed by atoms with Crippen LogP contribution >= 0.6 is 0 Å². The van der Waals surface area contributed by atoms with E-state index in [-0.39, 0.29) is 12.5 Å². The molecule has 0 radical (unpaired) electrons. The van der Waals surface area contributed by atoms with Crippen LogP contribution in [-0.4, -0.2) is 25.9 Å². The number of nitrogens with one attached hydrogen (secondary N) is 1. The van der Waals surface area contributed by atoms with Crippen LogP contribution in [0.4, 0.5) is 0 Å². The Morgan fingerprint density at radius 3 is 2.96 bits per heavy atom. The Morgan fingerprint density at radius 2 is 2.08 bits per heavy atom. The van der Waals surface area contributed by atoms with E-state index < -0.39 is 0 Å². The van der Waals surface area contributed by atoms with Crippen LogP contribution in [0.25, 0.3) is 22.5 Å². The van der Waals surface area contributed by atoms with Crippen LogP contribution in [0.15, 0.2) is 65.4 Å². The summed E-state index contributed by atoms with van der Waals surface area (Å²) in [5.41, 5.74) is 3.28. The van der Waals surface area contributed by atoms with E-state index in [0.717, 1.165) is 22.3 Å². The average Bonchev–Trinajstić information content (AvgIpc) is 3.31. The maximum absolute atomic E-state index is 12.2. The molecule has 124 valence electrons. The number of carbonyl (C=O) groups excluding carboxylic acids is 1. The van der Waals surface area contributed by atoms with Gasteiger partial charge in [-0.25, -0.2) is 4.68 Å². The molecule has 7 heteroatoms. The summed E-state index contributed by atoms with van der Waals surface area (Å²) in [6.07, 6.45) is 3.30. The summed E-state index contributed by atoms with van der Waals surface area (Å²) in [5, 5.41) is 11.0. The molecule has 0 aliphatic carbocycles. The fourth-order valence-electron chi connectivity index (χ4n) is 2.57. The number of hydrogen-bond donors (Lipinski definition) is 1. The summed E-state index contributed by atoms with van der Waals surface area (Å²) >= 11 is 0. The van der Waals surface area contributed by atoms with Gasteiger partial charge in [0.25, 0.3) is 0 Å². The Kier molecular flexibility index (Phi) is 3.96. The van der Waals surface area contributed by atoms with Gasteiger partial charge in [-0.2, -0.15) is 0 Å². The molecule has 0 atom stereocenters. The molecular formula is C18H15N5O2. The zero-order valence-electron chi connectivity index (χ0n) is 13.3. The van der Waals surface area contributed by atoms with Gasteiger partial charge in [-0.05, 0) is 42.0 Å². The molecule has 1 N–H and O–H groups in total. The van der Waals surface area contributed by atoms with Crippen LogP contribution < -0.4 is 5.32 Å². The molecule has 0 aliphatic rings. The maximum atomic E-state index is 12.2. The van der Waals surface area contributed by atoms with Gasteiger partial charge >= 0.3 is 0 Å². The third-order valence-corrected chi connectivity index (χ3v) is 3.80. The van der Waals surface area contributed by atoms with Gasteiger partial charge < -0.3 is 9.73 Å². The zero-order chi connectivity index (χ0) is 17.1. The average molecular weight is 333 g/mol. The van der Waals surface area contributed by atoms with Crippen molar-refractivity contribution in [3.8, 4) is 11.5 Å². The highest BCUT2D eigenvalue weighted by Crippen LogP contribution is 2.18. The lowest BCUT2D eigenvalue weighted by molar-refractivity contribution is -0.121. The largest absolute Gasteiger partial charge is 0.463 e. The van der Waals surface area contributed by atoms with Crippen LogP contribution in [0.2, 0.25) is 0 Å². The van der Waals surface area contributed by atoms with Crippen LogP contribution in [0, 0.1) is 0 Å². The van der Waals surface area contributed by atoms with Crippen molar-refractivity contribution in [2.45, 2.75) is 13.1 Å². The van der Waals surface area contributed by atoms with Gasteiger partial charge in [0.1, 0.15) is 17.8 Å². The second-order valence-corrected chi connectivity index (χ2v) is 5.54. The van der Waals surface area contributed by atoms with Crippen molar-refractivity contribution in [3.63, 3.8) is 0 Å². The van der Waals surface area contributed by atoms with E-state index in [1.54, 1.807) is 17.1 Å². The predicted octanol–water partition coefficient (Wildman–Crippen LogP) is 2.40. The molecule has 0 unspecified atom stereocenters. The van der Waals surface area contributed by atoms with Gasteiger partial charge in [-0.1, -0.05) is 17.3 Å². The van der Waals surface area contributed by atoms with Gasteiger partial charge in [0, 0.05) is 12.7 Å². The number of nitrogens with zero attached hydrogens (tertiary/aromatic N) is 4. The lowest BCUT2D eigenvalue weighted by Gasteiger charge is -2.07. The number of aromatic nitrogens is 4. The Balaban J connectivity index is 1.41. The van der Waals surface area contributed by atoms with Gasteiger partial charge in [0.05, 0.1) is 11.8 Å². The van der Waals surface area contributed by atoms with Crippen LogP contribution in [-0.2, 0) is 17.9 Å². The third kappa shape index (κ3) is 3.25. The van der Waals surface area contributed by atoms with E-state index >= 15 is 0 Å². The molecule has 3 aromatic heterocycles. The quantitative estimate of drug-likeness (QED) is 0.606. The second-order valence-electron chi connectivity index (χ2n) is 5.54. The number of carbonyl (C=O) groups is 1. The summed E-state index contributed by atoms with van der Waals surface area (Å²) < 4.78 is 6.93. The number of furan rings is 1. The van der Waals surface area contributed by atoms with E-state index in [9.17, 15) is 4.79 Å². The molecule has 1 amide bonds. The number of pyridine rings is 1. The Bertz CT molecular complexity index is 1010. The number of amides is 1. The lowest BCUT2D eigenvalue weighted by atomic mass is 10.2. The lowest BCUT2D eigenvalue weighted by Crippen LogP contribution is -2.27. The van der Waals surface area contributed by atoms with Crippen LogP contribution in [0.3, 0.4) is 0 Å². The highest BCUT2D eigenvalue weighted by atomic mass is 16.3. The summed E-state index contributed by atoms with van der Waals surface area (Å²) in [6.45, 7) is 0.526. The fourth-order valence-corrected chi connectivity index (χ4v) is 2.57. The maximum Gasteiger partial charge on any atom is 0.242 e. The topological polar surface area (TPSA) is 85.8 Å². The van der Waals surface area contributed by atoms with E-state index in [2.05, 4.69) is 20.6 Å². The van der Waals surface area contributed by atoms with E-state index in [1.807, 2.05) is 48.5 Å². The molecule has 0 aliphatic heterocycles. The summed E-state index contributed by atoms with van der Waals surface area (Å²) in [7, 11) is 0. The molecular weight excluding hydrogens is 318 g/mol. The minimum Gasteiger partial charge on any atom is -0.463 e. The highest BCUT2D eigenvalue weighted by molar-refractivity contribution is 5.79. The van der Waals surface area contributed by atoms with E-state index in [0.29, 0.717) is 12.3 Å². The normalized spacial score (nSPS) is 10.9. The number of benzene rings is 1. The fraction of sp³-hybridized carbons (Fsp3) is 0.111. The summed E-state index contributed by atoms with van der Waals surface area (Å²) in [5.74, 6) is 0.564. The van der Waals surface area contributed by atoms with Crippen LogP contribution in [0.1, 0.15) is 5.56 Å². The van der Waals surface area contributed by atoms with Gasteiger partial charge in [0.2, 0.25) is 5.91 Å². The molecule has 7 nitrogen and oxygen atoms in total. The van der Waals surface area contributed by atoms with E-state index in [1.165, 1.54) is 0 Å². The second kappa shape index (κ2) is 6.56. The van der Waals surface area contributed by atoms with Crippen molar-refractivity contribution >= 4 is 16.9 Å². The first kappa shape index (κ1) is 15.1. The van der Waals surface area contributed by atoms with Crippen molar-refractivity contribution < 1.29 is 9.21 Å². The molecule has 0 saturated heterocycles. The molecule has 0 fully saturated rings. The molecule has 3 heterocycles. The summed E-state index contributed by atoms with van der Waals surface area (Å²) in [6, 6.07) is 15.0. The smallest absolute Gasteiger partial charge is 0.242 e. The highest BCUT2D eigenvalue weighted by Gasteiger charge is 2.09. The Hall–Kier alpha value is -3.48. The molecule has 0 spiro atoms. The summed E-state index contributed by atoms with van der Waals surface area (Å²) in [4.78, 5) is 16.5. The zero-order valence-corrected chi connectivity index (χ0v) is 13.3. The van der Waals surface area contributed by atoms with Crippen molar-refractivity contribution in [1.82, 2.24) is 25.3 Å². The Morgan fingerprint density at radius 1 is 1.16 bits per heavy atom. The van der Waals surface area contributed by atoms with Crippen molar-refractivity contribution in [2.75, 3.05) is 0 Å². The van der Waals surface area contributed by atoms with Gasteiger partial charge in [-0.15, -0.1) is 5.10 Å². The minimum atomic E-state index is -0.132. The predicted molar refractivity (Wildman–Crippen MR) is 91.3 cm³/mol. The van der Waals surface area contributed by atoms with Crippen LogP contribution in [0.5, 0.6) is 0 Å². The first-order chi connectivity index (χ1) is 12.3. The van der Waals surface area contributed by atoms with Gasteiger partial charge in [-0.3, -0.25) is 9.78 Å². The monoisotopic (exact) mass is 333 g/mol. The number of para-hydroxylation sites is 1. The first-order valence-corrected chi connectivity index (χ1v) is 7.83. The van der Waals surface area contributed by atoms with Gasteiger partial charge in [0.15, 0.2) is 5.76 Å². The number of fused-ring (bicyclic) bond motifs is 1. The molecule has 0 saturated carbocycles. The molecule has 1 aromatic carbocycles.